The number of esters is 1. The number of nitrogens with one attached hydrogen (secondary N) is 1. The number of carbonyl (C=O) groups is 2. The van der Waals surface area contributed by atoms with Gasteiger partial charge in [-0.15, -0.1) is 0 Å². The Morgan fingerprint density at radius 1 is 1.21 bits per heavy atom. The molecule has 0 unspecified atom stereocenters. The normalized spacial score (nSPS) is 15.6. The fraction of sp³-hybridized carbons (Fsp3) is 0.167. The number of fused-ring (bicyclic) bond motifs is 1. The predicted octanol–water partition coefficient (Wildman–Crippen LogP) is 1.60. The Labute approximate surface area is 158 Å². The van der Waals surface area contributed by atoms with Gasteiger partial charge >= 0.3 is 5.97 Å². The van der Waals surface area contributed by atoms with E-state index < -0.39 is 17.8 Å². The molecule has 1 N–H and O–H groups in total. The van der Waals surface area contributed by atoms with E-state index in [1.807, 2.05) is 0 Å². The number of nitrogens with zero attached hydrogens (tertiary/aromatic N) is 4. The summed E-state index contributed by atoms with van der Waals surface area (Å²) in [4.78, 5) is 25.7. The maximum atomic E-state index is 13.2. The molecular weight excluding hydrogens is 366 g/mol. The van der Waals surface area contributed by atoms with Crippen LogP contribution in [0.4, 0.5) is 5.95 Å². The van der Waals surface area contributed by atoms with Gasteiger partial charge in [0.05, 0.1) is 26.1 Å². The van der Waals surface area contributed by atoms with Crippen LogP contribution in [0.2, 0.25) is 0 Å². The van der Waals surface area contributed by atoms with E-state index in [1.165, 1.54) is 31.2 Å². The molecule has 1 atom stereocenters. The van der Waals surface area contributed by atoms with Crippen LogP contribution >= 0.6 is 0 Å². The molecule has 0 radical (unpaired) electrons. The Kier molecular flexibility index (Phi) is 4.36. The third-order valence-corrected chi connectivity index (χ3v) is 4.31. The van der Waals surface area contributed by atoms with Crippen molar-refractivity contribution >= 4 is 17.7 Å². The lowest BCUT2D eigenvalue weighted by atomic mass is 9.91. The number of ketones is 1. The number of furan rings is 1. The lowest BCUT2D eigenvalue weighted by molar-refractivity contribution is -0.136. The molecule has 10 nitrogen and oxygen atoms in total. The molecule has 0 aliphatic carbocycles. The van der Waals surface area contributed by atoms with Gasteiger partial charge in [0.1, 0.15) is 17.5 Å². The van der Waals surface area contributed by atoms with Crippen molar-refractivity contribution < 1.29 is 23.5 Å². The van der Waals surface area contributed by atoms with Crippen molar-refractivity contribution in [2.75, 3.05) is 19.5 Å². The van der Waals surface area contributed by atoms with Crippen LogP contribution in [-0.4, -0.2) is 46.2 Å². The monoisotopic (exact) mass is 381 g/mol. The fourth-order valence-electron chi connectivity index (χ4n) is 3.05. The van der Waals surface area contributed by atoms with Crippen LogP contribution in [0.1, 0.15) is 22.2 Å². The molecule has 0 saturated heterocycles. The summed E-state index contributed by atoms with van der Waals surface area (Å²) in [5.41, 5.74) is 0.680. The minimum atomic E-state index is -0.798. The van der Waals surface area contributed by atoms with Crippen LogP contribution in [0.25, 0.3) is 0 Å². The summed E-state index contributed by atoms with van der Waals surface area (Å²) in [6, 6.07) is 9.37. The maximum absolute atomic E-state index is 13.2. The highest BCUT2D eigenvalue weighted by atomic mass is 16.5. The number of anilines is 1. The third-order valence-electron chi connectivity index (χ3n) is 4.31. The fourth-order valence-corrected chi connectivity index (χ4v) is 3.05. The summed E-state index contributed by atoms with van der Waals surface area (Å²) in [5.74, 6) is -0.370. The first-order chi connectivity index (χ1) is 13.6. The second-order valence-electron chi connectivity index (χ2n) is 5.84. The van der Waals surface area contributed by atoms with Crippen molar-refractivity contribution in [3.8, 4) is 5.75 Å². The Morgan fingerprint density at radius 2 is 2.07 bits per heavy atom. The molecule has 0 amide bonds. The molecule has 2 aromatic heterocycles. The van der Waals surface area contributed by atoms with E-state index in [0.29, 0.717) is 11.3 Å². The lowest BCUT2D eigenvalue weighted by Gasteiger charge is -2.27. The summed E-state index contributed by atoms with van der Waals surface area (Å²) < 4.78 is 16.8. The molecule has 4 rings (SSSR count). The first-order valence-electron chi connectivity index (χ1n) is 8.23. The number of methoxy groups -OCH3 is 2. The quantitative estimate of drug-likeness (QED) is 0.519. The number of hydrogen-bond donors (Lipinski definition) is 1. The van der Waals surface area contributed by atoms with Crippen LogP contribution in [0, 0.1) is 0 Å². The van der Waals surface area contributed by atoms with Crippen molar-refractivity contribution in [3.63, 3.8) is 0 Å². The summed E-state index contributed by atoms with van der Waals surface area (Å²) in [7, 11) is 2.76. The largest absolute Gasteiger partial charge is 0.497 e. The Morgan fingerprint density at radius 3 is 2.79 bits per heavy atom. The van der Waals surface area contributed by atoms with Gasteiger partial charge in [0.15, 0.2) is 5.76 Å². The van der Waals surface area contributed by atoms with Crippen LogP contribution in [0.3, 0.4) is 0 Å². The zero-order chi connectivity index (χ0) is 19.7. The number of allylic oxidation sites excluding steroid dienone is 1. The molecule has 142 valence electrons. The van der Waals surface area contributed by atoms with Crippen LogP contribution in [-0.2, 0) is 9.53 Å². The Hall–Kier alpha value is -3.95. The van der Waals surface area contributed by atoms with E-state index in [4.69, 9.17) is 13.9 Å². The number of carbonyl (C=O) groups excluding carboxylic acids is 2. The number of ether oxygens (including phenoxy) is 2. The highest BCUT2D eigenvalue weighted by Gasteiger charge is 2.39. The molecule has 1 aliphatic rings. The van der Waals surface area contributed by atoms with E-state index >= 15 is 0 Å². The van der Waals surface area contributed by atoms with Crippen LogP contribution in [0.5, 0.6) is 5.75 Å². The molecule has 3 aromatic rings. The minimum Gasteiger partial charge on any atom is -0.497 e. The summed E-state index contributed by atoms with van der Waals surface area (Å²) in [5, 5.41) is 14.3. The number of aromatic nitrogens is 4. The molecule has 1 aliphatic heterocycles. The van der Waals surface area contributed by atoms with Gasteiger partial charge in [-0.3, -0.25) is 4.79 Å². The van der Waals surface area contributed by atoms with Gasteiger partial charge in [0, 0.05) is 0 Å². The average Bonchev–Trinajstić information content (AvgIpc) is 3.43. The van der Waals surface area contributed by atoms with Crippen molar-refractivity contribution in [1.29, 1.82) is 0 Å². The van der Waals surface area contributed by atoms with E-state index in [-0.39, 0.29) is 23.0 Å². The van der Waals surface area contributed by atoms with Gasteiger partial charge in [0.2, 0.25) is 11.7 Å². The molecule has 10 heteroatoms. The molecule has 0 saturated carbocycles. The topological polar surface area (TPSA) is 121 Å². The smallest absolute Gasteiger partial charge is 0.355 e. The predicted molar refractivity (Wildman–Crippen MR) is 94.7 cm³/mol. The Balaban J connectivity index is 1.96. The zero-order valence-corrected chi connectivity index (χ0v) is 14.9. The number of benzene rings is 1. The summed E-state index contributed by atoms with van der Waals surface area (Å²) in [6.07, 6.45) is 1.38. The molecule has 28 heavy (non-hydrogen) atoms. The minimum absolute atomic E-state index is 0.0565. The van der Waals surface area contributed by atoms with Gasteiger partial charge in [-0.25, -0.2) is 4.79 Å². The molecule has 3 heterocycles. The van der Waals surface area contributed by atoms with E-state index in [2.05, 4.69) is 20.8 Å². The van der Waals surface area contributed by atoms with E-state index in [1.54, 1.807) is 30.3 Å². The highest BCUT2D eigenvalue weighted by Crippen LogP contribution is 2.37. The lowest BCUT2D eigenvalue weighted by Crippen LogP contribution is -2.32. The highest BCUT2D eigenvalue weighted by molar-refractivity contribution is 6.13. The average molecular weight is 381 g/mol. The second-order valence-corrected chi connectivity index (χ2v) is 5.84. The molecule has 1 aromatic carbocycles. The number of tetrazole rings is 1. The molecule has 0 fully saturated rings. The summed E-state index contributed by atoms with van der Waals surface area (Å²) >= 11 is 0. The van der Waals surface area contributed by atoms with Crippen molar-refractivity contribution in [3.05, 3.63) is 65.3 Å². The number of Topliss-reactive ketones (excluding diaryl/α,β-unsaturated/α-hetero) is 1. The van der Waals surface area contributed by atoms with Crippen molar-refractivity contribution in [1.82, 2.24) is 20.2 Å². The van der Waals surface area contributed by atoms with Gasteiger partial charge < -0.3 is 19.2 Å². The standard InChI is InChI=1S/C18H15N5O5/c1-26-11-6-3-5-10(9-11)15-13(16(24)12-7-4-8-28-12)14(17(25)27-2)19-18-20-21-22-23(15)18/h3-9,15H,1-2H3,(H,19,20,22)/t15-/m1/s1. The second kappa shape index (κ2) is 6.99. The summed E-state index contributed by atoms with van der Waals surface area (Å²) in [6.45, 7) is 0. The van der Waals surface area contributed by atoms with E-state index in [9.17, 15) is 9.59 Å². The number of rotatable bonds is 5. The van der Waals surface area contributed by atoms with Gasteiger partial charge in [-0.1, -0.05) is 17.2 Å². The molecule has 0 spiro atoms. The van der Waals surface area contributed by atoms with Crippen LogP contribution < -0.4 is 10.1 Å². The first-order valence-corrected chi connectivity index (χ1v) is 8.23. The van der Waals surface area contributed by atoms with Gasteiger partial charge in [-0.05, 0) is 40.3 Å². The van der Waals surface area contributed by atoms with Crippen molar-refractivity contribution in [2.45, 2.75) is 6.04 Å². The van der Waals surface area contributed by atoms with Gasteiger partial charge in [-0.2, -0.15) is 4.68 Å². The zero-order valence-electron chi connectivity index (χ0n) is 14.9. The van der Waals surface area contributed by atoms with Crippen LogP contribution in [0.15, 0.2) is 58.3 Å². The molecular formula is C18H15N5O5. The van der Waals surface area contributed by atoms with Crippen molar-refractivity contribution in [2.24, 2.45) is 0 Å². The molecule has 0 bridgehead atoms. The first kappa shape index (κ1) is 17.5. The third kappa shape index (κ3) is 2.80. The van der Waals surface area contributed by atoms with Gasteiger partial charge in [0.25, 0.3) is 0 Å². The number of hydrogen-bond acceptors (Lipinski definition) is 9. The SMILES string of the molecule is COC(=O)C1=C(C(=O)c2ccco2)[C@@H](c2cccc(OC)c2)n2nnnc2N1. The maximum Gasteiger partial charge on any atom is 0.355 e. The Bertz CT molecular complexity index is 1070. The van der Waals surface area contributed by atoms with E-state index in [0.717, 1.165) is 0 Å².